The SMILES string of the molecule is CCC1CCCCN1C(=O)C(C)OC(=O)C(CO)NS(=O)(=O)c1ccc(Br)cc1. The molecular formula is C19H27BrN2O6S. The summed E-state index contributed by atoms with van der Waals surface area (Å²) in [5.41, 5.74) is 0. The number of nitrogens with zero attached hydrogens (tertiary/aromatic N) is 1. The van der Waals surface area contributed by atoms with Gasteiger partial charge in [-0.2, -0.15) is 4.72 Å². The Hall–Kier alpha value is -1.49. The molecule has 2 N–H and O–H groups in total. The minimum absolute atomic E-state index is 0.0600. The zero-order valence-electron chi connectivity index (χ0n) is 16.5. The lowest BCUT2D eigenvalue weighted by Gasteiger charge is -2.36. The quantitative estimate of drug-likeness (QED) is 0.537. The number of piperidine rings is 1. The number of carbonyl (C=O) groups is 2. The molecular weight excluding hydrogens is 464 g/mol. The first kappa shape index (κ1) is 23.8. The highest BCUT2D eigenvalue weighted by Gasteiger charge is 2.33. The fourth-order valence-corrected chi connectivity index (χ4v) is 4.72. The van der Waals surface area contributed by atoms with Crippen LogP contribution in [0, 0.1) is 0 Å². The number of ether oxygens (including phenoxy) is 1. The summed E-state index contributed by atoms with van der Waals surface area (Å²) in [5, 5.41) is 9.50. The van der Waals surface area contributed by atoms with Crippen LogP contribution in [0.1, 0.15) is 39.5 Å². The lowest BCUT2D eigenvalue weighted by molar-refractivity contribution is -0.162. The number of likely N-dealkylation sites (tertiary alicyclic amines) is 1. The molecule has 2 rings (SSSR count). The number of hydrogen-bond acceptors (Lipinski definition) is 6. The first-order chi connectivity index (χ1) is 13.7. The minimum Gasteiger partial charge on any atom is -0.451 e. The number of sulfonamides is 1. The molecule has 1 aliphatic heterocycles. The van der Waals surface area contributed by atoms with Crippen molar-refractivity contribution in [2.45, 2.75) is 62.6 Å². The van der Waals surface area contributed by atoms with E-state index in [1.54, 1.807) is 17.0 Å². The highest BCUT2D eigenvalue weighted by Crippen LogP contribution is 2.21. The van der Waals surface area contributed by atoms with Crippen LogP contribution < -0.4 is 4.72 Å². The Morgan fingerprint density at radius 3 is 2.55 bits per heavy atom. The Bertz CT molecular complexity index is 814. The van der Waals surface area contributed by atoms with Crippen molar-refractivity contribution < 1.29 is 27.9 Å². The summed E-state index contributed by atoms with van der Waals surface area (Å²) in [6, 6.07) is 4.41. The van der Waals surface area contributed by atoms with Gasteiger partial charge in [0.15, 0.2) is 6.10 Å². The number of rotatable bonds is 8. The molecule has 10 heteroatoms. The Morgan fingerprint density at radius 2 is 1.97 bits per heavy atom. The molecule has 1 aliphatic rings. The van der Waals surface area contributed by atoms with E-state index in [0.29, 0.717) is 11.0 Å². The van der Waals surface area contributed by atoms with E-state index in [2.05, 4.69) is 20.7 Å². The zero-order valence-corrected chi connectivity index (χ0v) is 18.9. The fourth-order valence-electron chi connectivity index (χ4n) is 3.28. The first-order valence-electron chi connectivity index (χ1n) is 9.59. The van der Waals surface area contributed by atoms with Crippen LogP contribution in [-0.4, -0.2) is 61.6 Å². The molecule has 1 heterocycles. The lowest BCUT2D eigenvalue weighted by atomic mass is 9.99. The Labute approximate surface area is 179 Å². The number of amides is 1. The van der Waals surface area contributed by atoms with E-state index in [1.807, 2.05) is 6.92 Å². The molecule has 1 fully saturated rings. The minimum atomic E-state index is -4.05. The number of aliphatic hydroxyl groups is 1. The predicted molar refractivity (Wildman–Crippen MR) is 111 cm³/mol. The first-order valence-corrected chi connectivity index (χ1v) is 11.9. The van der Waals surface area contributed by atoms with Crippen LogP contribution in [0.25, 0.3) is 0 Å². The second kappa shape index (κ2) is 10.5. The van der Waals surface area contributed by atoms with Gasteiger partial charge in [0.25, 0.3) is 5.91 Å². The van der Waals surface area contributed by atoms with E-state index >= 15 is 0 Å². The van der Waals surface area contributed by atoms with Crippen molar-refractivity contribution in [3.63, 3.8) is 0 Å². The summed E-state index contributed by atoms with van der Waals surface area (Å²) in [5.74, 6) is -1.31. The number of hydrogen-bond donors (Lipinski definition) is 2. The molecule has 8 nitrogen and oxygen atoms in total. The lowest BCUT2D eigenvalue weighted by Crippen LogP contribution is -2.50. The normalized spacial score (nSPS) is 19.4. The van der Waals surface area contributed by atoms with Crippen molar-refractivity contribution >= 4 is 37.8 Å². The zero-order chi connectivity index (χ0) is 21.6. The molecule has 0 radical (unpaired) electrons. The maximum Gasteiger partial charge on any atom is 0.327 e. The molecule has 0 aliphatic carbocycles. The monoisotopic (exact) mass is 490 g/mol. The summed E-state index contributed by atoms with van der Waals surface area (Å²) in [6.07, 6.45) is 2.62. The van der Waals surface area contributed by atoms with Gasteiger partial charge in [0.2, 0.25) is 10.0 Å². The largest absolute Gasteiger partial charge is 0.451 e. The third-order valence-electron chi connectivity index (χ3n) is 4.91. The molecule has 3 unspecified atom stereocenters. The molecule has 162 valence electrons. The van der Waals surface area contributed by atoms with Gasteiger partial charge >= 0.3 is 5.97 Å². The second-order valence-corrected chi connectivity index (χ2v) is 9.61. The van der Waals surface area contributed by atoms with Crippen molar-refractivity contribution in [1.29, 1.82) is 0 Å². The van der Waals surface area contributed by atoms with Crippen molar-refractivity contribution in [3.8, 4) is 0 Å². The van der Waals surface area contributed by atoms with Crippen molar-refractivity contribution in [2.24, 2.45) is 0 Å². The molecule has 0 saturated carbocycles. The van der Waals surface area contributed by atoms with Crippen LogP contribution in [0.5, 0.6) is 0 Å². The Morgan fingerprint density at radius 1 is 1.31 bits per heavy atom. The van der Waals surface area contributed by atoms with Crippen LogP contribution in [0.4, 0.5) is 0 Å². The van der Waals surface area contributed by atoms with Gasteiger partial charge in [-0.1, -0.05) is 22.9 Å². The van der Waals surface area contributed by atoms with E-state index in [-0.39, 0.29) is 16.8 Å². The second-order valence-electron chi connectivity index (χ2n) is 6.98. The highest BCUT2D eigenvalue weighted by atomic mass is 79.9. The fraction of sp³-hybridized carbons (Fsp3) is 0.579. The van der Waals surface area contributed by atoms with Gasteiger partial charge < -0.3 is 14.7 Å². The molecule has 0 bridgehead atoms. The van der Waals surface area contributed by atoms with Gasteiger partial charge in [-0.25, -0.2) is 8.42 Å². The van der Waals surface area contributed by atoms with Gasteiger partial charge in [0.1, 0.15) is 6.04 Å². The summed E-state index contributed by atoms with van der Waals surface area (Å²) >= 11 is 3.22. The van der Waals surface area contributed by atoms with E-state index in [4.69, 9.17) is 4.74 Å². The average Bonchev–Trinajstić information content (AvgIpc) is 2.71. The number of nitrogens with one attached hydrogen (secondary N) is 1. The van der Waals surface area contributed by atoms with Crippen molar-refractivity contribution in [1.82, 2.24) is 9.62 Å². The molecule has 0 spiro atoms. The number of carbonyl (C=O) groups excluding carboxylic acids is 2. The average molecular weight is 491 g/mol. The smallest absolute Gasteiger partial charge is 0.327 e. The standard InChI is InChI=1S/C19H27BrN2O6S/c1-3-15-6-4-5-11-22(15)18(24)13(2)28-19(25)17(12-23)21-29(26,27)16-9-7-14(20)8-10-16/h7-10,13,15,17,21,23H,3-6,11-12H2,1-2H3. The molecule has 1 aromatic rings. The number of benzene rings is 1. The molecule has 3 atom stereocenters. The number of halogens is 1. The topological polar surface area (TPSA) is 113 Å². The molecule has 0 aromatic heterocycles. The number of esters is 1. The van der Waals surface area contributed by atoms with Gasteiger partial charge in [0, 0.05) is 17.1 Å². The highest BCUT2D eigenvalue weighted by molar-refractivity contribution is 9.10. The molecule has 1 amide bonds. The van der Waals surface area contributed by atoms with Gasteiger partial charge in [-0.05, 0) is 56.9 Å². The Kier molecular flexibility index (Phi) is 8.62. The Balaban J connectivity index is 2.03. The number of aliphatic hydroxyl groups excluding tert-OH is 1. The van der Waals surface area contributed by atoms with Gasteiger partial charge in [-0.3, -0.25) is 9.59 Å². The van der Waals surface area contributed by atoms with Gasteiger partial charge in [-0.15, -0.1) is 0 Å². The van der Waals surface area contributed by atoms with E-state index in [1.165, 1.54) is 19.1 Å². The maximum absolute atomic E-state index is 12.7. The van der Waals surface area contributed by atoms with Crippen LogP contribution >= 0.6 is 15.9 Å². The van der Waals surface area contributed by atoms with Crippen LogP contribution in [0.15, 0.2) is 33.6 Å². The van der Waals surface area contributed by atoms with E-state index in [0.717, 1.165) is 25.7 Å². The third-order valence-corrected chi connectivity index (χ3v) is 6.93. The molecule has 1 saturated heterocycles. The van der Waals surface area contributed by atoms with Crippen molar-refractivity contribution in [3.05, 3.63) is 28.7 Å². The van der Waals surface area contributed by atoms with E-state index < -0.39 is 34.7 Å². The summed E-state index contributed by atoms with van der Waals surface area (Å²) in [6.45, 7) is 3.28. The third kappa shape index (κ3) is 6.24. The predicted octanol–water partition coefficient (Wildman–Crippen LogP) is 1.81. The maximum atomic E-state index is 12.7. The van der Waals surface area contributed by atoms with Gasteiger partial charge in [0.05, 0.1) is 11.5 Å². The summed E-state index contributed by atoms with van der Waals surface area (Å²) < 4.78 is 32.9. The summed E-state index contributed by atoms with van der Waals surface area (Å²) in [7, 11) is -4.05. The molecule has 29 heavy (non-hydrogen) atoms. The van der Waals surface area contributed by atoms with Crippen molar-refractivity contribution in [2.75, 3.05) is 13.2 Å². The summed E-state index contributed by atoms with van der Waals surface area (Å²) in [4.78, 5) is 26.8. The molecule has 1 aromatic carbocycles. The van der Waals surface area contributed by atoms with Crippen LogP contribution in [-0.2, 0) is 24.3 Å². The van der Waals surface area contributed by atoms with E-state index in [9.17, 15) is 23.1 Å². The van der Waals surface area contributed by atoms with Crippen LogP contribution in [0.3, 0.4) is 0 Å². The van der Waals surface area contributed by atoms with Crippen LogP contribution in [0.2, 0.25) is 0 Å².